The third kappa shape index (κ3) is 3.78. The van der Waals surface area contributed by atoms with E-state index in [-0.39, 0.29) is 5.69 Å². The quantitative estimate of drug-likeness (QED) is 0.679. The van der Waals surface area contributed by atoms with Crippen molar-refractivity contribution in [1.82, 2.24) is 0 Å². The molecular weight excluding hydrogens is 291 g/mol. The number of halogens is 1. The van der Waals surface area contributed by atoms with Crippen LogP contribution in [0.2, 0.25) is 0 Å². The molecule has 1 N–H and O–H groups in total. The lowest BCUT2D eigenvalue weighted by atomic mass is 10.2. The number of nitrogens with zero attached hydrogens (tertiary/aromatic N) is 1. The van der Waals surface area contributed by atoms with Gasteiger partial charge in [0.1, 0.15) is 5.75 Å². The van der Waals surface area contributed by atoms with Crippen molar-refractivity contribution in [1.29, 1.82) is 0 Å². The van der Waals surface area contributed by atoms with Gasteiger partial charge in [-0.05, 0) is 31.2 Å². The van der Waals surface area contributed by atoms with E-state index in [1.165, 1.54) is 6.07 Å². The van der Waals surface area contributed by atoms with Gasteiger partial charge in [-0.15, -0.1) is 0 Å². The largest absolute Gasteiger partial charge is 0.481 e. The smallest absolute Gasteiger partial charge is 0.306 e. The van der Waals surface area contributed by atoms with Crippen LogP contribution in [0, 0.1) is 15.9 Å². The highest BCUT2D eigenvalue weighted by molar-refractivity contribution is 5.94. The maximum Gasteiger partial charge on any atom is 0.306 e. The zero-order chi connectivity index (χ0) is 16.1. The van der Waals surface area contributed by atoms with Crippen LogP contribution in [-0.4, -0.2) is 16.9 Å². The summed E-state index contributed by atoms with van der Waals surface area (Å²) < 4.78 is 18.7. The van der Waals surface area contributed by atoms with Gasteiger partial charge < -0.3 is 10.1 Å². The van der Waals surface area contributed by atoms with Gasteiger partial charge in [0.25, 0.3) is 5.91 Å². The molecule has 0 saturated carbocycles. The summed E-state index contributed by atoms with van der Waals surface area (Å²) in [5.41, 5.74) is -0.573. The van der Waals surface area contributed by atoms with Gasteiger partial charge in [0.15, 0.2) is 6.10 Å². The molecule has 0 aromatic heterocycles. The number of benzene rings is 2. The third-order valence-electron chi connectivity index (χ3n) is 2.84. The van der Waals surface area contributed by atoms with Gasteiger partial charge in [-0.2, -0.15) is 4.39 Å². The SMILES string of the molecule is CC(Oc1ccccc1)C(=O)Nc1ccc(F)c([N+](=O)[O-])c1. The second-order valence-electron chi connectivity index (χ2n) is 4.49. The van der Waals surface area contributed by atoms with E-state index in [4.69, 9.17) is 4.74 Å². The number of carbonyl (C=O) groups is 1. The van der Waals surface area contributed by atoms with Crippen LogP contribution in [0.15, 0.2) is 48.5 Å². The van der Waals surface area contributed by atoms with Crippen molar-refractivity contribution in [3.63, 3.8) is 0 Å². The molecule has 0 radical (unpaired) electrons. The van der Waals surface area contributed by atoms with Crippen LogP contribution in [0.3, 0.4) is 0 Å². The van der Waals surface area contributed by atoms with Crippen molar-refractivity contribution in [2.45, 2.75) is 13.0 Å². The summed E-state index contributed by atoms with van der Waals surface area (Å²) in [5, 5.41) is 13.1. The highest BCUT2D eigenvalue weighted by Crippen LogP contribution is 2.22. The van der Waals surface area contributed by atoms with Crippen LogP contribution >= 0.6 is 0 Å². The molecular formula is C15H13FN2O4. The van der Waals surface area contributed by atoms with Crippen LogP contribution < -0.4 is 10.1 Å². The standard InChI is InChI=1S/C15H13FN2O4/c1-10(22-12-5-3-2-4-6-12)15(19)17-11-7-8-13(16)14(9-11)18(20)21/h2-10H,1H3,(H,17,19). The number of para-hydroxylation sites is 1. The van der Waals surface area contributed by atoms with Crippen molar-refractivity contribution in [2.75, 3.05) is 5.32 Å². The monoisotopic (exact) mass is 304 g/mol. The minimum atomic E-state index is -0.961. The zero-order valence-electron chi connectivity index (χ0n) is 11.7. The van der Waals surface area contributed by atoms with Crippen LogP contribution in [0.25, 0.3) is 0 Å². The first-order valence-corrected chi connectivity index (χ1v) is 6.44. The lowest BCUT2D eigenvalue weighted by Crippen LogP contribution is -2.30. The predicted octanol–water partition coefficient (Wildman–Crippen LogP) is 3.14. The Morgan fingerprint density at radius 3 is 2.59 bits per heavy atom. The van der Waals surface area contributed by atoms with Gasteiger partial charge in [-0.1, -0.05) is 18.2 Å². The van der Waals surface area contributed by atoms with Crippen LogP contribution in [0.1, 0.15) is 6.92 Å². The van der Waals surface area contributed by atoms with Crippen LogP contribution in [0.4, 0.5) is 15.8 Å². The average molecular weight is 304 g/mol. The molecule has 2 aromatic rings. The minimum Gasteiger partial charge on any atom is -0.481 e. The van der Waals surface area contributed by atoms with E-state index >= 15 is 0 Å². The second-order valence-corrected chi connectivity index (χ2v) is 4.49. The Morgan fingerprint density at radius 2 is 1.95 bits per heavy atom. The Hall–Kier alpha value is -2.96. The highest BCUT2D eigenvalue weighted by Gasteiger charge is 2.18. The normalized spacial score (nSPS) is 11.5. The van der Waals surface area contributed by atoms with Crippen LogP contribution in [0.5, 0.6) is 5.75 Å². The molecule has 0 aliphatic heterocycles. The highest BCUT2D eigenvalue weighted by atomic mass is 19.1. The molecule has 0 fully saturated rings. The van der Waals surface area contributed by atoms with E-state index in [1.807, 2.05) is 6.07 Å². The summed E-state index contributed by atoms with van der Waals surface area (Å²) in [6.07, 6.45) is -0.813. The fourth-order valence-corrected chi connectivity index (χ4v) is 1.73. The molecule has 0 aliphatic carbocycles. The van der Waals surface area contributed by atoms with Gasteiger partial charge in [-0.3, -0.25) is 14.9 Å². The van der Waals surface area contributed by atoms with Gasteiger partial charge in [0.2, 0.25) is 5.82 Å². The van der Waals surface area contributed by atoms with Crippen molar-refractivity contribution < 1.29 is 18.8 Å². The lowest BCUT2D eigenvalue weighted by Gasteiger charge is -2.14. The molecule has 1 unspecified atom stereocenters. The fourth-order valence-electron chi connectivity index (χ4n) is 1.73. The van der Waals surface area contributed by atoms with E-state index in [9.17, 15) is 19.3 Å². The number of ether oxygens (including phenoxy) is 1. The van der Waals surface area contributed by atoms with Gasteiger partial charge in [0, 0.05) is 11.8 Å². The molecule has 2 aromatic carbocycles. The number of nitrogens with one attached hydrogen (secondary N) is 1. The summed E-state index contributed by atoms with van der Waals surface area (Å²) in [4.78, 5) is 21.8. The van der Waals surface area contributed by atoms with Crippen molar-refractivity contribution in [3.8, 4) is 5.75 Å². The minimum absolute atomic E-state index is 0.126. The number of nitro groups is 1. The number of rotatable bonds is 5. The first-order valence-electron chi connectivity index (χ1n) is 6.44. The van der Waals surface area contributed by atoms with Gasteiger partial charge in [0.05, 0.1) is 4.92 Å². The first kappa shape index (κ1) is 15.4. The summed E-state index contributed by atoms with van der Waals surface area (Å²) in [7, 11) is 0. The Kier molecular flexibility index (Phi) is 4.67. The Labute approximate surface area is 125 Å². The summed E-state index contributed by atoms with van der Waals surface area (Å²) >= 11 is 0. The summed E-state index contributed by atoms with van der Waals surface area (Å²) in [5.74, 6) is -0.934. The molecule has 0 heterocycles. The van der Waals surface area contributed by atoms with Crippen molar-refractivity contribution in [3.05, 3.63) is 64.5 Å². The number of hydrogen-bond donors (Lipinski definition) is 1. The molecule has 7 heteroatoms. The first-order chi connectivity index (χ1) is 10.5. The third-order valence-corrected chi connectivity index (χ3v) is 2.84. The second kappa shape index (κ2) is 6.66. The maximum absolute atomic E-state index is 13.2. The molecule has 114 valence electrons. The topological polar surface area (TPSA) is 81.5 Å². The number of nitro benzene ring substituents is 1. The Morgan fingerprint density at radius 1 is 1.27 bits per heavy atom. The van der Waals surface area contributed by atoms with Gasteiger partial charge >= 0.3 is 5.69 Å². The lowest BCUT2D eigenvalue weighted by molar-refractivity contribution is -0.387. The molecule has 22 heavy (non-hydrogen) atoms. The van der Waals surface area contributed by atoms with E-state index in [0.717, 1.165) is 12.1 Å². The molecule has 0 spiro atoms. The van der Waals surface area contributed by atoms with E-state index < -0.39 is 28.4 Å². The maximum atomic E-state index is 13.2. The average Bonchev–Trinajstić information content (AvgIpc) is 2.49. The molecule has 0 saturated heterocycles. The molecule has 6 nitrogen and oxygen atoms in total. The number of anilines is 1. The summed E-state index contributed by atoms with van der Waals surface area (Å²) in [6.45, 7) is 1.54. The molecule has 2 rings (SSSR count). The Balaban J connectivity index is 2.05. The number of hydrogen-bond acceptors (Lipinski definition) is 4. The van der Waals surface area contributed by atoms with Crippen molar-refractivity contribution in [2.24, 2.45) is 0 Å². The number of carbonyl (C=O) groups excluding carboxylic acids is 1. The molecule has 0 aliphatic rings. The summed E-state index contributed by atoms with van der Waals surface area (Å²) in [6, 6.07) is 11.9. The zero-order valence-corrected chi connectivity index (χ0v) is 11.7. The van der Waals surface area contributed by atoms with Crippen LogP contribution in [-0.2, 0) is 4.79 Å². The van der Waals surface area contributed by atoms with Crippen molar-refractivity contribution >= 4 is 17.3 Å². The van der Waals surface area contributed by atoms with Gasteiger partial charge in [-0.25, -0.2) is 0 Å². The molecule has 1 atom stereocenters. The van der Waals surface area contributed by atoms with E-state index in [2.05, 4.69) is 5.32 Å². The molecule has 0 bridgehead atoms. The fraction of sp³-hybridized carbons (Fsp3) is 0.133. The molecule has 1 amide bonds. The van der Waals surface area contributed by atoms with E-state index in [1.54, 1.807) is 31.2 Å². The van der Waals surface area contributed by atoms with E-state index in [0.29, 0.717) is 5.75 Å². The predicted molar refractivity (Wildman–Crippen MR) is 78.2 cm³/mol. The number of amides is 1. The Bertz CT molecular complexity index is 691.